The summed E-state index contributed by atoms with van der Waals surface area (Å²) in [7, 11) is 0. The van der Waals surface area contributed by atoms with E-state index in [1.807, 2.05) is 0 Å². The molecule has 0 fully saturated rings. The third-order valence-corrected chi connectivity index (χ3v) is 12.2. The third-order valence-electron chi connectivity index (χ3n) is 12.2. The van der Waals surface area contributed by atoms with E-state index in [-0.39, 0.29) is 0 Å². The van der Waals surface area contributed by atoms with Crippen LogP contribution in [0.2, 0.25) is 0 Å². The van der Waals surface area contributed by atoms with Crippen molar-refractivity contribution in [2.45, 2.75) is 0 Å². The molecule has 2 heteroatoms. The van der Waals surface area contributed by atoms with Crippen molar-refractivity contribution in [2.24, 2.45) is 0 Å². The molecular weight excluding hydrogens is 727 g/mol. The Morgan fingerprint density at radius 1 is 0.300 bits per heavy atom. The molecule has 2 nitrogen and oxygen atoms in total. The number of furan rings is 1. The second-order valence-electron chi connectivity index (χ2n) is 15.6. The Bertz CT molecular complexity index is 3600. The minimum Gasteiger partial charge on any atom is -0.455 e. The lowest BCUT2D eigenvalue weighted by Crippen LogP contribution is -2.11. The molecule has 280 valence electrons. The zero-order valence-corrected chi connectivity index (χ0v) is 32.7. The summed E-state index contributed by atoms with van der Waals surface area (Å²) >= 11 is 0. The predicted molar refractivity (Wildman–Crippen MR) is 255 cm³/mol. The highest BCUT2D eigenvalue weighted by Crippen LogP contribution is 2.49. The number of hydrogen-bond acceptors (Lipinski definition) is 2. The molecule has 0 amide bonds. The number of anilines is 3. The molecule has 0 spiro atoms. The smallest absolute Gasteiger partial charge is 0.143 e. The fraction of sp³-hybridized carbons (Fsp3) is 0. The minimum absolute atomic E-state index is 0.858. The van der Waals surface area contributed by atoms with E-state index in [4.69, 9.17) is 4.42 Å². The Hall–Kier alpha value is -7.94. The van der Waals surface area contributed by atoms with Crippen molar-refractivity contribution in [1.82, 2.24) is 0 Å². The summed E-state index contributed by atoms with van der Waals surface area (Å²) in [6, 6.07) is 81.3. The highest BCUT2D eigenvalue weighted by molar-refractivity contribution is 6.21. The summed E-state index contributed by atoms with van der Waals surface area (Å²) in [5, 5.41) is 11.8. The molecule has 0 saturated carbocycles. The van der Waals surface area contributed by atoms with Gasteiger partial charge in [0.1, 0.15) is 11.2 Å². The van der Waals surface area contributed by atoms with Crippen LogP contribution < -0.4 is 4.90 Å². The van der Waals surface area contributed by atoms with Crippen LogP contribution in [-0.2, 0) is 0 Å². The second kappa shape index (κ2) is 13.9. The van der Waals surface area contributed by atoms with Crippen LogP contribution in [0.4, 0.5) is 17.1 Å². The first-order valence-corrected chi connectivity index (χ1v) is 20.6. The van der Waals surface area contributed by atoms with E-state index in [1.165, 1.54) is 60.3 Å². The standard InChI is InChI=1S/C58H37NO/c1-3-16-38(17-4-1)44-33-31-42(37-52(44)39-18-5-2-6-19-39)59(55-28-15-29-56-57(55)51-32-30-40-20-7-10-23-45(40)58(51)60-56)54-35-34-49(47-25-13-14-27-50(47)54)53-36-41-21-8-9-22-43(41)46-24-11-12-26-48(46)53/h1-37H. The van der Waals surface area contributed by atoms with Crippen molar-refractivity contribution in [2.75, 3.05) is 4.90 Å². The van der Waals surface area contributed by atoms with Crippen LogP contribution >= 0.6 is 0 Å². The molecule has 11 aromatic carbocycles. The van der Waals surface area contributed by atoms with Crippen LogP contribution in [0.25, 0.3) is 98.4 Å². The fourth-order valence-corrected chi connectivity index (χ4v) is 9.52. The van der Waals surface area contributed by atoms with Crippen LogP contribution in [0.3, 0.4) is 0 Å². The second-order valence-corrected chi connectivity index (χ2v) is 15.6. The Morgan fingerprint density at radius 3 is 1.67 bits per heavy atom. The lowest BCUT2D eigenvalue weighted by atomic mass is 9.90. The molecular formula is C58H37NO. The lowest BCUT2D eigenvalue weighted by molar-refractivity contribution is 0.672. The zero-order chi connectivity index (χ0) is 39.6. The van der Waals surface area contributed by atoms with Gasteiger partial charge in [-0.25, -0.2) is 0 Å². The number of nitrogens with zero attached hydrogens (tertiary/aromatic N) is 1. The molecule has 60 heavy (non-hydrogen) atoms. The third kappa shape index (κ3) is 5.42. The Labute approximate surface area is 347 Å². The molecule has 0 aliphatic rings. The van der Waals surface area contributed by atoms with Crippen molar-refractivity contribution in [1.29, 1.82) is 0 Å². The highest BCUT2D eigenvalue weighted by atomic mass is 16.3. The van der Waals surface area contributed by atoms with Gasteiger partial charge < -0.3 is 9.32 Å². The normalized spacial score (nSPS) is 11.7. The van der Waals surface area contributed by atoms with Gasteiger partial charge >= 0.3 is 0 Å². The molecule has 0 atom stereocenters. The molecule has 12 aromatic rings. The number of benzene rings is 11. The van der Waals surface area contributed by atoms with Crippen LogP contribution in [0.1, 0.15) is 0 Å². The maximum Gasteiger partial charge on any atom is 0.143 e. The van der Waals surface area contributed by atoms with Gasteiger partial charge in [0.05, 0.1) is 16.8 Å². The highest BCUT2D eigenvalue weighted by Gasteiger charge is 2.24. The monoisotopic (exact) mass is 763 g/mol. The van der Waals surface area contributed by atoms with Crippen LogP contribution in [0.15, 0.2) is 229 Å². The lowest BCUT2D eigenvalue weighted by Gasteiger charge is -2.29. The van der Waals surface area contributed by atoms with E-state index < -0.39 is 0 Å². The fourth-order valence-electron chi connectivity index (χ4n) is 9.52. The van der Waals surface area contributed by atoms with Crippen LogP contribution in [-0.4, -0.2) is 0 Å². The summed E-state index contributed by atoms with van der Waals surface area (Å²) in [6.07, 6.45) is 0. The number of fused-ring (bicyclic) bond motifs is 9. The number of rotatable bonds is 6. The maximum absolute atomic E-state index is 6.81. The van der Waals surface area contributed by atoms with Gasteiger partial charge in [-0.2, -0.15) is 0 Å². The largest absolute Gasteiger partial charge is 0.455 e. The molecule has 12 rings (SSSR count). The summed E-state index contributed by atoms with van der Waals surface area (Å²) < 4.78 is 6.81. The average Bonchev–Trinajstić information content (AvgIpc) is 3.72. The van der Waals surface area contributed by atoms with E-state index >= 15 is 0 Å². The van der Waals surface area contributed by atoms with Crippen LogP contribution in [0.5, 0.6) is 0 Å². The van der Waals surface area contributed by atoms with Crippen LogP contribution in [0, 0.1) is 0 Å². The van der Waals surface area contributed by atoms with Crippen molar-refractivity contribution in [3.63, 3.8) is 0 Å². The van der Waals surface area contributed by atoms with Crippen molar-refractivity contribution in [3.8, 4) is 33.4 Å². The van der Waals surface area contributed by atoms with Gasteiger partial charge in [-0.15, -0.1) is 0 Å². The quantitative estimate of drug-likeness (QED) is 0.157. The molecule has 0 saturated heterocycles. The first-order valence-electron chi connectivity index (χ1n) is 20.6. The van der Waals surface area contributed by atoms with Gasteiger partial charge in [0.2, 0.25) is 0 Å². The van der Waals surface area contributed by atoms with Crippen molar-refractivity contribution < 1.29 is 4.42 Å². The van der Waals surface area contributed by atoms with Crippen molar-refractivity contribution >= 4 is 82.1 Å². The Balaban J connectivity index is 1.16. The van der Waals surface area contributed by atoms with Gasteiger partial charge in [0, 0.05) is 21.8 Å². The Kier molecular flexibility index (Phi) is 7.89. The molecule has 0 aliphatic carbocycles. The molecule has 0 bridgehead atoms. The molecule has 0 unspecified atom stereocenters. The van der Waals surface area contributed by atoms with Gasteiger partial charge in [0.25, 0.3) is 0 Å². The maximum atomic E-state index is 6.81. The molecule has 1 heterocycles. The summed E-state index contributed by atoms with van der Waals surface area (Å²) in [5.41, 5.74) is 12.1. The van der Waals surface area contributed by atoms with E-state index in [2.05, 4.69) is 229 Å². The van der Waals surface area contributed by atoms with E-state index in [1.54, 1.807) is 0 Å². The van der Waals surface area contributed by atoms with Gasteiger partial charge in [-0.1, -0.05) is 182 Å². The predicted octanol–water partition coefficient (Wildman–Crippen LogP) is 16.7. The zero-order valence-electron chi connectivity index (χ0n) is 32.7. The van der Waals surface area contributed by atoms with Crippen molar-refractivity contribution in [3.05, 3.63) is 224 Å². The van der Waals surface area contributed by atoms with E-state index in [9.17, 15) is 0 Å². The van der Waals surface area contributed by atoms with Gasteiger partial charge in [-0.3, -0.25) is 0 Å². The molecule has 0 N–H and O–H groups in total. The average molecular weight is 764 g/mol. The SMILES string of the molecule is c1ccc(-c2ccc(N(c3ccc(-c4cc5ccccc5c5ccccc45)c4ccccc34)c3cccc4oc5c6ccccc6ccc5c34)cc2-c2ccccc2)cc1. The van der Waals surface area contributed by atoms with Gasteiger partial charge in [0.15, 0.2) is 0 Å². The van der Waals surface area contributed by atoms with E-state index in [0.29, 0.717) is 0 Å². The topological polar surface area (TPSA) is 16.4 Å². The Morgan fingerprint density at radius 2 is 0.900 bits per heavy atom. The van der Waals surface area contributed by atoms with Gasteiger partial charge in [-0.05, 0) is 108 Å². The summed E-state index contributed by atoms with van der Waals surface area (Å²) in [6.45, 7) is 0. The first kappa shape index (κ1) is 34.1. The first-order chi connectivity index (χ1) is 29.8. The summed E-state index contributed by atoms with van der Waals surface area (Å²) in [5.74, 6) is 0. The number of hydrogen-bond donors (Lipinski definition) is 0. The van der Waals surface area contributed by atoms with E-state index in [0.717, 1.165) is 55.2 Å². The summed E-state index contributed by atoms with van der Waals surface area (Å²) in [4.78, 5) is 2.46. The molecule has 1 aromatic heterocycles. The minimum atomic E-state index is 0.858. The molecule has 0 aliphatic heterocycles. The molecule has 0 radical (unpaired) electrons.